The van der Waals surface area contributed by atoms with Gasteiger partial charge in [0.25, 0.3) is 17.6 Å². The van der Waals surface area contributed by atoms with Crippen molar-refractivity contribution in [1.29, 1.82) is 0 Å². The van der Waals surface area contributed by atoms with Gasteiger partial charge in [0, 0.05) is 31.0 Å². The molecule has 0 saturated carbocycles. The minimum atomic E-state index is -1.27. The van der Waals surface area contributed by atoms with Crippen molar-refractivity contribution >= 4 is 69.7 Å². The summed E-state index contributed by atoms with van der Waals surface area (Å²) < 4.78 is 6.87. The summed E-state index contributed by atoms with van der Waals surface area (Å²) in [5, 5.41) is 24.6. The number of nitrogens with one attached hydrogen (secondary N) is 1. The summed E-state index contributed by atoms with van der Waals surface area (Å²) in [6.07, 6.45) is -0.0670. The lowest BCUT2D eigenvalue weighted by atomic mass is 10.0. The minimum absolute atomic E-state index is 0.153. The van der Waals surface area contributed by atoms with E-state index in [0.717, 1.165) is 21.1 Å². The van der Waals surface area contributed by atoms with Crippen molar-refractivity contribution in [2.75, 3.05) is 23.5 Å². The predicted molar refractivity (Wildman–Crippen MR) is 145 cm³/mol. The van der Waals surface area contributed by atoms with Gasteiger partial charge in [-0.1, -0.05) is 18.7 Å². The zero-order valence-electron chi connectivity index (χ0n) is 22.1. The van der Waals surface area contributed by atoms with E-state index in [-0.39, 0.29) is 22.3 Å². The van der Waals surface area contributed by atoms with Crippen LogP contribution in [0.25, 0.3) is 0 Å². The number of carbonyl (C=O) groups excluding carboxylic acids is 4. The van der Waals surface area contributed by atoms with Crippen molar-refractivity contribution in [2.24, 2.45) is 7.05 Å². The standard InChI is InChI=1S/C22H26N8O7S3/c1-6-22(2,3)37-21(36)28(4)19-23-11(9-40-19)14(31)15(32)24-12-16(33)30-13(18(34)35)10(7-38-17(12)30)8-39-20-25-26-27-29(20)5/h9,12,17H,6-8H2,1-5H3,(H,24,32)(H,34,35)/t12?,17-/m1/s1. The number of anilines is 1. The Morgan fingerprint density at radius 3 is 2.67 bits per heavy atom. The number of ketones is 1. The van der Waals surface area contributed by atoms with Gasteiger partial charge in [0.15, 0.2) is 5.13 Å². The molecule has 18 heteroatoms. The highest BCUT2D eigenvalue weighted by Gasteiger charge is 2.54. The van der Waals surface area contributed by atoms with Gasteiger partial charge in [0.2, 0.25) is 5.16 Å². The monoisotopic (exact) mass is 610 g/mol. The van der Waals surface area contributed by atoms with Gasteiger partial charge in [-0.2, -0.15) is 0 Å². The second-order valence-corrected chi connectivity index (χ2v) is 12.3. The molecule has 1 unspecified atom stereocenters. The Labute approximate surface area is 240 Å². The van der Waals surface area contributed by atoms with Gasteiger partial charge >= 0.3 is 12.1 Å². The van der Waals surface area contributed by atoms with Crippen LogP contribution in [-0.2, 0) is 26.2 Å². The third-order valence-electron chi connectivity index (χ3n) is 6.20. The summed E-state index contributed by atoms with van der Waals surface area (Å²) in [5.41, 5.74) is -0.532. The van der Waals surface area contributed by atoms with E-state index in [1.807, 2.05) is 6.92 Å². The van der Waals surface area contributed by atoms with Crippen LogP contribution >= 0.6 is 34.9 Å². The second-order valence-electron chi connectivity index (χ2n) is 9.38. The molecule has 2 aliphatic heterocycles. The highest BCUT2D eigenvalue weighted by atomic mass is 32.2. The van der Waals surface area contributed by atoms with Gasteiger partial charge in [0.05, 0.1) is 0 Å². The van der Waals surface area contributed by atoms with Crippen LogP contribution in [0.4, 0.5) is 9.93 Å². The molecule has 40 heavy (non-hydrogen) atoms. The lowest BCUT2D eigenvalue weighted by Crippen LogP contribution is -2.71. The molecule has 0 aromatic carbocycles. The Morgan fingerprint density at radius 1 is 1.32 bits per heavy atom. The molecule has 0 bridgehead atoms. The van der Waals surface area contributed by atoms with E-state index in [9.17, 15) is 29.1 Å². The number of carboxylic acid groups (broad SMARTS) is 1. The summed E-state index contributed by atoms with van der Waals surface area (Å²) in [4.78, 5) is 69.2. The first-order valence-corrected chi connectivity index (χ1v) is 14.8. The van der Waals surface area contributed by atoms with E-state index in [2.05, 4.69) is 25.8 Å². The number of aryl methyl sites for hydroxylation is 1. The molecule has 3 amide bonds. The Bertz CT molecular complexity index is 1400. The SMILES string of the molecule is CCC(C)(C)OC(=O)N(C)c1nc(C(=O)C(=O)NC2C(=O)N3C(C(=O)O)=C(CSc4nnnn4C)CS[C@H]23)cs1. The first-order valence-electron chi connectivity index (χ1n) is 11.9. The second kappa shape index (κ2) is 11.5. The Morgan fingerprint density at radius 2 is 2.05 bits per heavy atom. The number of carbonyl (C=O) groups is 5. The van der Waals surface area contributed by atoms with Gasteiger partial charge < -0.3 is 15.2 Å². The normalized spacial score (nSPS) is 18.6. The molecule has 2 N–H and O–H groups in total. The average Bonchev–Trinajstić information content (AvgIpc) is 3.57. The molecule has 1 fully saturated rings. The van der Waals surface area contributed by atoms with Gasteiger partial charge in [-0.05, 0) is 36.3 Å². The molecular formula is C22H26N8O7S3. The first kappa shape index (κ1) is 29.5. The topological polar surface area (TPSA) is 190 Å². The zero-order chi connectivity index (χ0) is 29.4. The number of fused-ring (bicyclic) bond motifs is 1. The van der Waals surface area contributed by atoms with Crippen LogP contribution in [0.1, 0.15) is 37.7 Å². The molecule has 4 rings (SSSR count). The van der Waals surface area contributed by atoms with Crippen LogP contribution in [0, 0.1) is 0 Å². The van der Waals surface area contributed by atoms with Crippen molar-refractivity contribution in [2.45, 2.75) is 49.4 Å². The van der Waals surface area contributed by atoms with Crippen molar-refractivity contribution in [3.63, 3.8) is 0 Å². The number of thioether (sulfide) groups is 2. The lowest BCUT2D eigenvalue weighted by Gasteiger charge is -2.49. The first-order chi connectivity index (χ1) is 18.8. The van der Waals surface area contributed by atoms with Crippen molar-refractivity contribution in [1.82, 2.24) is 35.4 Å². The molecule has 0 spiro atoms. The number of hydrogen-bond acceptors (Lipinski definition) is 13. The number of Topliss-reactive ketones (excluding diaryl/α,β-unsaturated/α-hetero) is 1. The highest BCUT2D eigenvalue weighted by molar-refractivity contribution is 8.01. The summed E-state index contributed by atoms with van der Waals surface area (Å²) in [5.74, 6) is -3.43. The number of amides is 3. The van der Waals surface area contributed by atoms with Gasteiger partial charge in [-0.25, -0.2) is 19.3 Å². The number of hydrogen-bond donors (Lipinski definition) is 2. The van der Waals surface area contributed by atoms with Crippen LogP contribution in [0.2, 0.25) is 0 Å². The summed E-state index contributed by atoms with van der Waals surface area (Å²) in [7, 11) is 3.09. The molecule has 0 aliphatic carbocycles. The summed E-state index contributed by atoms with van der Waals surface area (Å²) >= 11 is 3.49. The molecule has 15 nitrogen and oxygen atoms in total. The van der Waals surface area contributed by atoms with E-state index in [1.165, 1.54) is 40.6 Å². The van der Waals surface area contributed by atoms with Crippen LogP contribution < -0.4 is 10.2 Å². The zero-order valence-corrected chi connectivity index (χ0v) is 24.6. The van der Waals surface area contributed by atoms with Gasteiger partial charge in [0.1, 0.15) is 28.4 Å². The fourth-order valence-corrected chi connectivity index (χ4v) is 6.69. The Balaban J connectivity index is 1.40. The number of β-lactam (4-membered cyclic amide) rings is 1. The van der Waals surface area contributed by atoms with Crippen LogP contribution in [0.5, 0.6) is 0 Å². The number of carboxylic acids is 1. The third-order valence-corrected chi connectivity index (χ3v) is 9.55. The fourth-order valence-electron chi connectivity index (χ4n) is 3.59. The molecule has 0 radical (unpaired) electrons. The molecule has 2 aromatic heterocycles. The smallest absolute Gasteiger partial charge is 0.416 e. The maximum absolute atomic E-state index is 12.9. The highest BCUT2D eigenvalue weighted by Crippen LogP contribution is 2.41. The van der Waals surface area contributed by atoms with Crippen molar-refractivity contribution in [3.05, 3.63) is 22.3 Å². The number of ether oxygens (including phenoxy) is 1. The summed E-state index contributed by atoms with van der Waals surface area (Å²) in [6, 6.07) is -1.08. The molecule has 1 saturated heterocycles. The van der Waals surface area contributed by atoms with Crippen LogP contribution in [-0.4, -0.2) is 100 Å². The molecular weight excluding hydrogens is 584 g/mol. The lowest BCUT2D eigenvalue weighted by molar-refractivity contribution is -0.150. The average molecular weight is 611 g/mol. The van der Waals surface area contributed by atoms with E-state index < -0.39 is 46.7 Å². The van der Waals surface area contributed by atoms with E-state index in [0.29, 0.717) is 22.9 Å². The Hall–Kier alpha value is -3.51. The molecule has 214 valence electrons. The number of rotatable bonds is 10. The van der Waals surface area contributed by atoms with Crippen LogP contribution in [0.3, 0.4) is 0 Å². The minimum Gasteiger partial charge on any atom is -0.477 e. The van der Waals surface area contributed by atoms with Crippen LogP contribution in [0.15, 0.2) is 21.8 Å². The quantitative estimate of drug-likeness (QED) is 0.169. The molecule has 2 aliphatic rings. The molecule has 4 heterocycles. The fraction of sp³-hybridized carbons (Fsp3) is 0.500. The van der Waals surface area contributed by atoms with Gasteiger partial charge in [-0.3, -0.25) is 24.2 Å². The number of tetrazole rings is 1. The summed E-state index contributed by atoms with van der Waals surface area (Å²) in [6.45, 7) is 5.40. The van der Waals surface area contributed by atoms with E-state index >= 15 is 0 Å². The van der Waals surface area contributed by atoms with E-state index in [1.54, 1.807) is 20.9 Å². The Kier molecular flexibility index (Phi) is 8.50. The maximum Gasteiger partial charge on any atom is 0.416 e. The number of nitrogens with zero attached hydrogens (tertiary/aromatic N) is 7. The largest absolute Gasteiger partial charge is 0.477 e. The van der Waals surface area contributed by atoms with Crippen molar-refractivity contribution < 1.29 is 33.8 Å². The maximum atomic E-state index is 12.9. The number of aliphatic carboxylic acids is 1. The number of thiazole rings is 1. The van der Waals surface area contributed by atoms with Crippen molar-refractivity contribution in [3.8, 4) is 0 Å². The molecule has 2 atom stereocenters. The predicted octanol–water partition coefficient (Wildman–Crippen LogP) is 1.14. The van der Waals surface area contributed by atoms with Gasteiger partial charge in [-0.15, -0.1) is 28.2 Å². The number of aromatic nitrogens is 5. The third kappa shape index (κ3) is 5.83. The van der Waals surface area contributed by atoms with E-state index in [4.69, 9.17) is 4.74 Å². The molecule has 2 aromatic rings.